The van der Waals surface area contributed by atoms with E-state index in [9.17, 15) is 16.8 Å². The topological polar surface area (TPSA) is 97.7 Å². The van der Waals surface area contributed by atoms with Gasteiger partial charge in [0.2, 0.25) is 0 Å². The van der Waals surface area contributed by atoms with Crippen LogP contribution in [0.5, 0.6) is 5.75 Å². The van der Waals surface area contributed by atoms with E-state index < -0.39 is 22.9 Å². The van der Waals surface area contributed by atoms with E-state index in [1.54, 1.807) is 0 Å². The Balaban J connectivity index is 3.31. The SMILES string of the molecule is COc1ccc(S(=O)(=O)S(=O)(=O)O)cc1. The molecule has 0 spiro atoms. The molecule has 1 N–H and O–H groups in total. The number of rotatable bonds is 3. The third kappa shape index (κ3) is 2.28. The number of benzene rings is 1. The van der Waals surface area contributed by atoms with Crippen LogP contribution in [0, 0.1) is 0 Å². The lowest BCUT2D eigenvalue weighted by atomic mass is 10.3. The lowest BCUT2D eigenvalue weighted by Gasteiger charge is -2.02. The van der Waals surface area contributed by atoms with Gasteiger partial charge >= 0.3 is 18.0 Å². The Morgan fingerprint density at radius 3 is 1.87 bits per heavy atom. The molecule has 0 saturated heterocycles. The average Bonchev–Trinajstić information content (AvgIpc) is 2.16. The van der Waals surface area contributed by atoms with E-state index >= 15 is 0 Å². The maximum absolute atomic E-state index is 11.2. The van der Waals surface area contributed by atoms with E-state index in [-0.39, 0.29) is 0 Å². The first-order valence-corrected chi connectivity index (χ1v) is 7.09. The van der Waals surface area contributed by atoms with Crippen LogP contribution in [0.15, 0.2) is 29.2 Å². The molecule has 6 nitrogen and oxygen atoms in total. The predicted molar refractivity (Wildman–Crippen MR) is 51.7 cm³/mol. The Kier molecular flexibility index (Phi) is 3.03. The molecule has 0 radical (unpaired) electrons. The molecule has 8 heteroatoms. The van der Waals surface area contributed by atoms with Crippen molar-refractivity contribution in [2.45, 2.75) is 4.90 Å². The number of hydrogen-bond acceptors (Lipinski definition) is 5. The molecule has 1 aromatic rings. The first-order chi connectivity index (χ1) is 6.79. The third-order valence-corrected chi connectivity index (χ3v) is 5.27. The van der Waals surface area contributed by atoms with Crippen molar-refractivity contribution in [1.29, 1.82) is 0 Å². The van der Waals surface area contributed by atoms with Gasteiger partial charge in [0.1, 0.15) is 5.75 Å². The molecular weight excluding hydrogens is 244 g/mol. The van der Waals surface area contributed by atoms with Gasteiger partial charge in [-0.1, -0.05) is 0 Å². The molecule has 0 heterocycles. The second-order valence-corrected chi connectivity index (χ2v) is 7.37. The molecular formula is C7H8O6S2. The van der Waals surface area contributed by atoms with Crippen molar-refractivity contribution in [3.63, 3.8) is 0 Å². The molecule has 0 aliphatic rings. The minimum absolute atomic E-state index is 0.379. The molecule has 0 aliphatic heterocycles. The monoisotopic (exact) mass is 252 g/mol. The lowest BCUT2D eigenvalue weighted by molar-refractivity contribution is 0.414. The fourth-order valence-corrected chi connectivity index (χ4v) is 2.64. The van der Waals surface area contributed by atoms with Crippen LogP contribution in [0.3, 0.4) is 0 Å². The van der Waals surface area contributed by atoms with Crippen LogP contribution in [0.25, 0.3) is 0 Å². The third-order valence-electron chi connectivity index (χ3n) is 1.63. The Labute approximate surface area is 86.6 Å². The molecule has 0 atom stereocenters. The van der Waals surface area contributed by atoms with Crippen LogP contribution in [0.2, 0.25) is 0 Å². The molecule has 84 valence electrons. The Morgan fingerprint density at radius 1 is 1.07 bits per heavy atom. The first kappa shape index (κ1) is 12.0. The van der Waals surface area contributed by atoms with Crippen molar-refractivity contribution < 1.29 is 26.1 Å². The summed E-state index contributed by atoms with van der Waals surface area (Å²) in [5, 5.41) is 0. The summed E-state index contributed by atoms with van der Waals surface area (Å²) >= 11 is 0. The van der Waals surface area contributed by atoms with Crippen molar-refractivity contribution in [2.24, 2.45) is 0 Å². The van der Waals surface area contributed by atoms with Crippen LogP contribution in [-0.4, -0.2) is 28.5 Å². The smallest absolute Gasteiger partial charge is 0.377 e. The maximum atomic E-state index is 11.2. The molecule has 0 unspecified atom stereocenters. The molecule has 0 aliphatic carbocycles. The van der Waals surface area contributed by atoms with E-state index in [2.05, 4.69) is 0 Å². The molecule has 15 heavy (non-hydrogen) atoms. The predicted octanol–water partition coefficient (Wildman–Crippen LogP) is 0.272. The van der Waals surface area contributed by atoms with Gasteiger partial charge in [0, 0.05) is 0 Å². The minimum atomic E-state index is -5.14. The second-order valence-electron chi connectivity index (χ2n) is 2.56. The quantitative estimate of drug-likeness (QED) is 0.612. The highest BCUT2D eigenvalue weighted by Gasteiger charge is 2.29. The highest BCUT2D eigenvalue weighted by atomic mass is 33.2. The van der Waals surface area contributed by atoms with Gasteiger partial charge in [-0.3, -0.25) is 4.55 Å². The molecule has 0 bridgehead atoms. The van der Waals surface area contributed by atoms with Crippen LogP contribution >= 0.6 is 0 Å². The van der Waals surface area contributed by atoms with Crippen molar-refractivity contribution in [3.8, 4) is 5.75 Å². The zero-order valence-electron chi connectivity index (χ0n) is 7.61. The lowest BCUT2D eigenvalue weighted by Crippen LogP contribution is -2.14. The summed E-state index contributed by atoms with van der Waals surface area (Å²) in [6, 6.07) is 4.61. The standard InChI is InChI=1S/C7H8O6S2/c1-13-6-2-4-7(5-3-6)14(8,9)15(10,11)12/h2-5H,1H3,(H,10,11,12). The van der Waals surface area contributed by atoms with Gasteiger partial charge in [-0.2, -0.15) is 8.42 Å². The summed E-state index contributed by atoms with van der Waals surface area (Å²) in [6.07, 6.45) is 0. The van der Waals surface area contributed by atoms with E-state index in [1.807, 2.05) is 0 Å². The molecule has 0 fully saturated rings. The zero-order chi connectivity index (χ0) is 11.7. The first-order valence-electron chi connectivity index (χ1n) is 3.65. The number of methoxy groups -OCH3 is 1. The summed E-state index contributed by atoms with van der Waals surface area (Å²) in [4.78, 5) is -0.509. The van der Waals surface area contributed by atoms with E-state index in [0.717, 1.165) is 12.1 Å². The van der Waals surface area contributed by atoms with Crippen molar-refractivity contribution >= 4 is 18.0 Å². The summed E-state index contributed by atoms with van der Waals surface area (Å²) in [5.74, 6) is 0.379. The molecule has 0 saturated carbocycles. The highest BCUT2D eigenvalue weighted by molar-refractivity contribution is 8.64. The van der Waals surface area contributed by atoms with Crippen molar-refractivity contribution in [1.82, 2.24) is 0 Å². The van der Waals surface area contributed by atoms with E-state index in [0.29, 0.717) is 5.75 Å². The average molecular weight is 252 g/mol. The summed E-state index contributed by atoms with van der Waals surface area (Å²) in [5.41, 5.74) is 0. The van der Waals surface area contributed by atoms with Gasteiger partial charge < -0.3 is 4.74 Å². The maximum Gasteiger partial charge on any atom is 0.377 e. The fraction of sp³-hybridized carbons (Fsp3) is 0.143. The van der Waals surface area contributed by atoms with E-state index in [4.69, 9.17) is 9.29 Å². The van der Waals surface area contributed by atoms with Gasteiger partial charge in [-0.15, -0.1) is 0 Å². The van der Waals surface area contributed by atoms with E-state index in [1.165, 1.54) is 19.2 Å². The highest BCUT2D eigenvalue weighted by Crippen LogP contribution is 2.19. The zero-order valence-corrected chi connectivity index (χ0v) is 9.25. The van der Waals surface area contributed by atoms with Crippen molar-refractivity contribution in [2.75, 3.05) is 7.11 Å². The summed E-state index contributed by atoms with van der Waals surface area (Å²) in [7, 11) is -8.49. The number of hydrogen-bond donors (Lipinski definition) is 1. The summed E-state index contributed by atoms with van der Waals surface area (Å²) < 4.78 is 56.7. The second kappa shape index (κ2) is 3.80. The Bertz CT molecular complexity index is 540. The van der Waals surface area contributed by atoms with Gasteiger partial charge in [0.05, 0.1) is 12.0 Å². The molecule has 1 aromatic carbocycles. The fourth-order valence-electron chi connectivity index (χ4n) is 0.864. The minimum Gasteiger partial charge on any atom is -0.497 e. The van der Waals surface area contributed by atoms with Crippen LogP contribution in [-0.2, 0) is 18.0 Å². The van der Waals surface area contributed by atoms with Gasteiger partial charge in [0.15, 0.2) is 0 Å². The molecule has 0 aromatic heterocycles. The number of ether oxygens (including phenoxy) is 1. The molecule has 0 amide bonds. The normalized spacial score (nSPS) is 12.4. The Morgan fingerprint density at radius 2 is 1.53 bits per heavy atom. The van der Waals surface area contributed by atoms with Crippen LogP contribution in [0.4, 0.5) is 0 Å². The van der Waals surface area contributed by atoms with Crippen molar-refractivity contribution in [3.05, 3.63) is 24.3 Å². The van der Waals surface area contributed by atoms with Crippen LogP contribution < -0.4 is 4.74 Å². The van der Waals surface area contributed by atoms with Gasteiger partial charge in [0.25, 0.3) is 0 Å². The van der Waals surface area contributed by atoms with Gasteiger partial charge in [-0.25, -0.2) is 8.42 Å². The molecule has 1 rings (SSSR count). The summed E-state index contributed by atoms with van der Waals surface area (Å²) in [6.45, 7) is 0. The largest absolute Gasteiger partial charge is 0.497 e. The van der Waals surface area contributed by atoms with Crippen LogP contribution in [0.1, 0.15) is 0 Å². The Hall–Kier alpha value is -1.12. The van der Waals surface area contributed by atoms with Gasteiger partial charge in [-0.05, 0) is 24.3 Å².